The first-order valence-corrected chi connectivity index (χ1v) is 5.83. The van der Waals surface area contributed by atoms with E-state index < -0.39 is 6.10 Å². The van der Waals surface area contributed by atoms with Crippen LogP contribution < -0.4 is 0 Å². The molecule has 2 atom stereocenters. The van der Waals surface area contributed by atoms with E-state index in [0.29, 0.717) is 5.56 Å². The van der Waals surface area contributed by atoms with Crippen molar-refractivity contribution in [3.05, 3.63) is 29.8 Å². The number of aromatic hydroxyl groups is 1. The second-order valence-electron chi connectivity index (χ2n) is 4.67. The summed E-state index contributed by atoms with van der Waals surface area (Å²) in [6, 6.07) is 7.06. The molecule has 0 amide bonds. The fraction of sp³-hybridized carbons (Fsp3) is 0.538. The van der Waals surface area contributed by atoms with Crippen LogP contribution in [0.5, 0.6) is 5.75 Å². The van der Waals surface area contributed by atoms with E-state index in [-0.39, 0.29) is 11.7 Å². The Hall–Kier alpha value is -1.06. The smallest absolute Gasteiger partial charge is 0.121 e. The van der Waals surface area contributed by atoms with Gasteiger partial charge in [0.2, 0.25) is 0 Å². The number of hydrogen-bond acceptors (Lipinski definition) is 3. The molecule has 88 valence electrons. The van der Waals surface area contributed by atoms with Gasteiger partial charge in [-0.1, -0.05) is 18.2 Å². The van der Waals surface area contributed by atoms with Gasteiger partial charge in [0.1, 0.15) is 5.75 Å². The molecule has 1 saturated heterocycles. The Balaban J connectivity index is 2.12. The van der Waals surface area contributed by atoms with Crippen molar-refractivity contribution < 1.29 is 10.2 Å². The number of para-hydroxylation sites is 1. The first kappa shape index (κ1) is 11.4. The zero-order chi connectivity index (χ0) is 11.5. The second-order valence-corrected chi connectivity index (χ2v) is 4.67. The highest BCUT2D eigenvalue weighted by Gasteiger charge is 2.26. The van der Waals surface area contributed by atoms with Crippen LogP contribution >= 0.6 is 0 Å². The Labute approximate surface area is 96.3 Å². The Morgan fingerprint density at radius 3 is 2.81 bits per heavy atom. The molecule has 1 aromatic carbocycles. The van der Waals surface area contributed by atoms with Crippen molar-refractivity contribution in [2.24, 2.45) is 5.92 Å². The number of rotatable bonds is 2. The summed E-state index contributed by atoms with van der Waals surface area (Å²) in [5, 5.41) is 20.0. The van der Waals surface area contributed by atoms with Crippen LogP contribution in [0.4, 0.5) is 0 Å². The van der Waals surface area contributed by atoms with Crippen molar-refractivity contribution in [2.75, 3.05) is 20.1 Å². The van der Waals surface area contributed by atoms with Crippen LogP contribution in [0.3, 0.4) is 0 Å². The van der Waals surface area contributed by atoms with Crippen molar-refractivity contribution in [3.8, 4) is 5.75 Å². The Morgan fingerprint density at radius 1 is 1.38 bits per heavy atom. The lowest BCUT2D eigenvalue weighted by molar-refractivity contribution is 0.0575. The molecule has 2 unspecified atom stereocenters. The van der Waals surface area contributed by atoms with E-state index in [9.17, 15) is 10.2 Å². The maximum atomic E-state index is 10.3. The van der Waals surface area contributed by atoms with Crippen LogP contribution in [-0.2, 0) is 0 Å². The second kappa shape index (κ2) is 4.85. The molecule has 1 aliphatic heterocycles. The minimum atomic E-state index is -0.552. The van der Waals surface area contributed by atoms with Gasteiger partial charge in [-0.25, -0.2) is 0 Å². The zero-order valence-corrected chi connectivity index (χ0v) is 9.63. The van der Waals surface area contributed by atoms with E-state index >= 15 is 0 Å². The number of phenolic OH excluding ortho intramolecular Hbond substituents is 1. The largest absolute Gasteiger partial charge is 0.508 e. The van der Waals surface area contributed by atoms with Gasteiger partial charge in [-0.3, -0.25) is 0 Å². The topological polar surface area (TPSA) is 43.7 Å². The number of likely N-dealkylation sites (tertiary alicyclic amines) is 1. The lowest BCUT2D eigenvalue weighted by Crippen LogP contribution is -2.35. The molecule has 16 heavy (non-hydrogen) atoms. The Morgan fingerprint density at radius 2 is 2.12 bits per heavy atom. The van der Waals surface area contributed by atoms with Gasteiger partial charge >= 0.3 is 0 Å². The molecule has 3 nitrogen and oxygen atoms in total. The van der Waals surface area contributed by atoms with E-state index in [1.165, 1.54) is 0 Å². The molecule has 1 aliphatic rings. The molecule has 0 radical (unpaired) electrons. The van der Waals surface area contributed by atoms with Crippen LogP contribution in [0.25, 0.3) is 0 Å². The maximum absolute atomic E-state index is 10.3. The van der Waals surface area contributed by atoms with Crippen molar-refractivity contribution >= 4 is 0 Å². The molecule has 0 spiro atoms. The molecule has 0 saturated carbocycles. The lowest BCUT2D eigenvalue weighted by Gasteiger charge is -2.33. The third kappa shape index (κ3) is 2.36. The summed E-state index contributed by atoms with van der Waals surface area (Å²) >= 11 is 0. The molecule has 1 aromatic rings. The van der Waals surface area contributed by atoms with Crippen molar-refractivity contribution in [1.82, 2.24) is 4.90 Å². The van der Waals surface area contributed by atoms with Crippen LogP contribution in [0.15, 0.2) is 24.3 Å². The maximum Gasteiger partial charge on any atom is 0.121 e. The number of aliphatic hydroxyl groups excluding tert-OH is 1. The monoisotopic (exact) mass is 221 g/mol. The van der Waals surface area contributed by atoms with Crippen molar-refractivity contribution in [3.63, 3.8) is 0 Å². The van der Waals surface area contributed by atoms with Crippen LogP contribution in [0, 0.1) is 5.92 Å². The average Bonchev–Trinajstić information content (AvgIpc) is 2.29. The van der Waals surface area contributed by atoms with Crippen LogP contribution in [-0.4, -0.2) is 35.3 Å². The third-order valence-electron chi connectivity index (χ3n) is 3.36. The number of piperidine rings is 1. The summed E-state index contributed by atoms with van der Waals surface area (Å²) in [7, 11) is 2.07. The lowest BCUT2D eigenvalue weighted by atomic mass is 9.88. The van der Waals surface area contributed by atoms with Crippen LogP contribution in [0.2, 0.25) is 0 Å². The predicted molar refractivity (Wildman–Crippen MR) is 63.3 cm³/mol. The number of phenols is 1. The van der Waals surface area contributed by atoms with E-state index in [0.717, 1.165) is 25.9 Å². The van der Waals surface area contributed by atoms with Crippen molar-refractivity contribution in [2.45, 2.75) is 18.9 Å². The summed E-state index contributed by atoms with van der Waals surface area (Å²) in [5.74, 6) is 0.426. The summed E-state index contributed by atoms with van der Waals surface area (Å²) in [4.78, 5) is 2.23. The number of aliphatic hydroxyl groups is 1. The highest BCUT2D eigenvalue weighted by molar-refractivity contribution is 5.34. The zero-order valence-electron chi connectivity index (χ0n) is 9.63. The highest BCUT2D eigenvalue weighted by atomic mass is 16.3. The van der Waals surface area contributed by atoms with Gasteiger partial charge in [-0.05, 0) is 32.5 Å². The van der Waals surface area contributed by atoms with Gasteiger partial charge < -0.3 is 15.1 Å². The first-order valence-electron chi connectivity index (χ1n) is 5.83. The minimum absolute atomic E-state index is 0.197. The average molecular weight is 221 g/mol. The predicted octanol–water partition coefficient (Wildman–Crippen LogP) is 1.77. The summed E-state index contributed by atoms with van der Waals surface area (Å²) in [6.45, 7) is 2.00. The number of nitrogens with zero attached hydrogens (tertiary/aromatic N) is 1. The van der Waals surface area contributed by atoms with Gasteiger partial charge in [-0.2, -0.15) is 0 Å². The van der Waals surface area contributed by atoms with Gasteiger partial charge in [0.15, 0.2) is 0 Å². The molecule has 0 aliphatic carbocycles. The molecule has 1 fully saturated rings. The summed E-state index contributed by atoms with van der Waals surface area (Å²) < 4.78 is 0. The molecule has 1 heterocycles. The van der Waals surface area contributed by atoms with Gasteiger partial charge in [0.05, 0.1) is 6.10 Å². The number of hydrogen-bond donors (Lipinski definition) is 2. The van der Waals surface area contributed by atoms with Gasteiger partial charge in [-0.15, -0.1) is 0 Å². The van der Waals surface area contributed by atoms with Crippen LogP contribution in [0.1, 0.15) is 24.5 Å². The molecule has 2 N–H and O–H groups in total. The first-order chi connectivity index (χ1) is 7.68. The van der Waals surface area contributed by atoms with Gasteiger partial charge in [0, 0.05) is 18.0 Å². The normalized spacial score (nSPS) is 24.2. The standard InChI is InChI=1S/C13H19NO2/c1-14-8-4-5-10(9-14)13(16)11-6-2-3-7-12(11)15/h2-3,6-7,10,13,15-16H,4-5,8-9H2,1H3. The van der Waals surface area contributed by atoms with E-state index in [1.54, 1.807) is 18.2 Å². The Bertz CT molecular complexity index is 354. The molecular formula is C13H19NO2. The molecule has 0 aromatic heterocycles. The summed E-state index contributed by atoms with van der Waals surface area (Å²) in [6.07, 6.45) is 1.59. The fourth-order valence-electron chi connectivity index (χ4n) is 2.46. The van der Waals surface area contributed by atoms with E-state index in [1.807, 2.05) is 6.07 Å². The highest BCUT2D eigenvalue weighted by Crippen LogP contribution is 2.33. The molecule has 3 heteroatoms. The molecule has 0 bridgehead atoms. The minimum Gasteiger partial charge on any atom is -0.508 e. The van der Waals surface area contributed by atoms with Gasteiger partial charge in [0.25, 0.3) is 0 Å². The Kier molecular flexibility index (Phi) is 3.46. The van der Waals surface area contributed by atoms with E-state index in [4.69, 9.17) is 0 Å². The van der Waals surface area contributed by atoms with E-state index in [2.05, 4.69) is 11.9 Å². The molecule has 2 rings (SSSR count). The molecular weight excluding hydrogens is 202 g/mol. The van der Waals surface area contributed by atoms with Crippen molar-refractivity contribution in [1.29, 1.82) is 0 Å². The fourth-order valence-corrected chi connectivity index (χ4v) is 2.46. The quantitative estimate of drug-likeness (QED) is 0.800. The summed E-state index contributed by atoms with van der Waals surface area (Å²) in [5.41, 5.74) is 0.655. The third-order valence-corrected chi connectivity index (χ3v) is 3.36. The SMILES string of the molecule is CN1CCCC(C(O)c2ccccc2O)C1. The number of benzene rings is 1.